The van der Waals surface area contributed by atoms with Crippen LogP contribution in [-0.4, -0.2) is 57.5 Å². The molecule has 1 aromatic carbocycles. The standard InChI is InChI=1S/C24H27N5O3/c1-2-31-21-13-26-24(27-14-21)28-11-9-20(10-12-28)29(19-7-8-19)23(30)18-5-3-17(4-6-18)22-15-25-16-32-22/h3-6,13-16,19-20H,2,7-12H2,1H3. The van der Waals surface area contributed by atoms with Gasteiger partial charge in [-0.05, 0) is 44.7 Å². The summed E-state index contributed by atoms with van der Waals surface area (Å²) in [6.07, 6.45) is 10.5. The van der Waals surface area contributed by atoms with Crippen molar-refractivity contribution in [3.8, 4) is 17.1 Å². The number of benzene rings is 1. The number of carbonyl (C=O) groups excluding carboxylic acids is 1. The highest BCUT2D eigenvalue weighted by Gasteiger charge is 2.39. The smallest absolute Gasteiger partial charge is 0.254 e. The number of amides is 1. The fourth-order valence-corrected chi connectivity index (χ4v) is 4.32. The Morgan fingerprint density at radius 2 is 1.75 bits per heavy atom. The largest absolute Gasteiger partial charge is 0.491 e. The highest BCUT2D eigenvalue weighted by atomic mass is 16.5. The van der Waals surface area contributed by atoms with Gasteiger partial charge in [-0.15, -0.1) is 0 Å². The molecule has 0 N–H and O–H groups in total. The Kier molecular flexibility index (Phi) is 5.75. The van der Waals surface area contributed by atoms with E-state index < -0.39 is 0 Å². The first-order valence-corrected chi connectivity index (χ1v) is 11.2. The second-order valence-electron chi connectivity index (χ2n) is 8.26. The zero-order chi connectivity index (χ0) is 21.9. The van der Waals surface area contributed by atoms with Crippen LogP contribution in [0.3, 0.4) is 0 Å². The quantitative estimate of drug-likeness (QED) is 0.560. The second kappa shape index (κ2) is 8.98. The number of nitrogens with zero attached hydrogens (tertiary/aromatic N) is 5. The number of piperidine rings is 1. The second-order valence-corrected chi connectivity index (χ2v) is 8.26. The molecular formula is C24H27N5O3. The van der Waals surface area contributed by atoms with Crippen LogP contribution in [0.1, 0.15) is 43.0 Å². The molecule has 0 atom stereocenters. The van der Waals surface area contributed by atoms with Crippen LogP contribution in [0.5, 0.6) is 5.75 Å². The van der Waals surface area contributed by atoms with E-state index in [-0.39, 0.29) is 11.9 Å². The molecule has 0 spiro atoms. The summed E-state index contributed by atoms with van der Waals surface area (Å²) >= 11 is 0. The minimum Gasteiger partial charge on any atom is -0.491 e. The highest BCUT2D eigenvalue weighted by Crippen LogP contribution is 2.34. The maximum Gasteiger partial charge on any atom is 0.254 e. The van der Waals surface area contributed by atoms with Crippen LogP contribution in [0, 0.1) is 0 Å². The summed E-state index contributed by atoms with van der Waals surface area (Å²) in [7, 11) is 0. The van der Waals surface area contributed by atoms with E-state index in [9.17, 15) is 4.79 Å². The minimum absolute atomic E-state index is 0.118. The Morgan fingerprint density at radius 3 is 2.34 bits per heavy atom. The molecular weight excluding hydrogens is 406 g/mol. The summed E-state index contributed by atoms with van der Waals surface area (Å²) in [5.41, 5.74) is 1.64. The molecule has 32 heavy (non-hydrogen) atoms. The van der Waals surface area contributed by atoms with Gasteiger partial charge in [0.15, 0.2) is 17.9 Å². The van der Waals surface area contributed by atoms with E-state index in [0.717, 1.165) is 55.8 Å². The first-order valence-electron chi connectivity index (χ1n) is 11.2. The van der Waals surface area contributed by atoms with E-state index in [1.165, 1.54) is 6.39 Å². The first kappa shape index (κ1) is 20.5. The van der Waals surface area contributed by atoms with Gasteiger partial charge in [0, 0.05) is 36.3 Å². The van der Waals surface area contributed by atoms with Crippen molar-refractivity contribution in [2.24, 2.45) is 0 Å². The summed E-state index contributed by atoms with van der Waals surface area (Å²) in [5, 5.41) is 0. The molecule has 0 unspecified atom stereocenters. The highest BCUT2D eigenvalue weighted by molar-refractivity contribution is 5.95. The van der Waals surface area contributed by atoms with Gasteiger partial charge in [0.1, 0.15) is 0 Å². The summed E-state index contributed by atoms with van der Waals surface area (Å²) in [4.78, 5) is 30.6. The average Bonchev–Trinajstić information content (AvgIpc) is 3.51. The van der Waals surface area contributed by atoms with Gasteiger partial charge in [-0.25, -0.2) is 15.0 Å². The molecule has 8 heteroatoms. The molecule has 0 radical (unpaired) electrons. The van der Waals surface area contributed by atoms with Gasteiger partial charge in [0.25, 0.3) is 5.91 Å². The summed E-state index contributed by atoms with van der Waals surface area (Å²) in [6, 6.07) is 8.21. The van der Waals surface area contributed by atoms with Crippen LogP contribution in [0.2, 0.25) is 0 Å². The zero-order valence-electron chi connectivity index (χ0n) is 18.2. The summed E-state index contributed by atoms with van der Waals surface area (Å²) in [6.45, 7) is 4.21. The van der Waals surface area contributed by atoms with Crippen LogP contribution in [0.25, 0.3) is 11.3 Å². The average molecular weight is 434 g/mol. The summed E-state index contributed by atoms with van der Waals surface area (Å²) in [5.74, 6) is 2.23. The fraction of sp³-hybridized carbons (Fsp3) is 0.417. The van der Waals surface area contributed by atoms with Gasteiger partial charge in [0.05, 0.1) is 25.2 Å². The number of ether oxygens (including phenoxy) is 1. The Bertz CT molecular complexity index is 1020. The lowest BCUT2D eigenvalue weighted by Gasteiger charge is -2.39. The van der Waals surface area contributed by atoms with E-state index >= 15 is 0 Å². The van der Waals surface area contributed by atoms with Gasteiger partial charge in [-0.1, -0.05) is 12.1 Å². The lowest BCUT2D eigenvalue weighted by Crippen LogP contribution is -2.48. The van der Waals surface area contributed by atoms with E-state index in [0.29, 0.717) is 24.2 Å². The third-order valence-corrected chi connectivity index (χ3v) is 6.09. The van der Waals surface area contributed by atoms with Crippen LogP contribution in [0.4, 0.5) is 5.95 Å². The van der Waals surface area contributed by atoms with Gasteiger partial charge >= 0.3 is 0 Å². The fourth-order valence-electron chi connectivity index (χ4n) is 4.32. The maximum absolute atomic E-state index is 13.4. The normalized spacial score (nSPS) is 16.7. The SMILES string of the molecule is CCOc1cnc(N2CCC(N(C(=O)c3ccc(-c4cnco4)cc3)C3CC3)CC2)nc1. The molecule has 1 saturated carbocycles. The molecule has 1 aliphatic heterocycles. The Morgan fingerprint density at radius 1 is 1.06 bits per heavy atom. The van der Waals surface area contributed by atoms with Crippen LogP contribution in [0.15, 0.2) is 53.7 Å². The molecule has 5 rings (SSSR count). The molecule has 1 saturated heterocycles. The monoisotopic (exact) mass is 433 g/mol. The van der Waals surface area contributed by atoms with Crippen molar-refractivity contribution >= 4 is 11.9 Å². The van der Waals surface area contributed by atoms with Gasteiger partial charge in [0.2, 0.25) is 5.95 Å². The Hall–Kier alpha value is -3.42. The maximum atomic E-state index is 13.4. The zero-order valence-corrected chi connectivity index (χ0v) is 18.2. The third-order valence-electron chi connectivity index (χ3n) is 6.09. The minimum atomic E-state index is 0.118. The topological polar surface area (TPSA) is 84.6 Å². The summed E-state index contributed by atoms with van der Waals surface area (Å²) < 4.78 is 10.8. The number of hydrogen-bond acceptors (Lipinski definition) is 7. The molecule has 2 aromatic heterocycles. The van der Waals surface area contributed by atoms with Crippen molar-refractivity contribution in [3.63, 3.8) is 0 Å². The van der Waals surface area contributed by atoms with Crippen LogP contribution < -0.4 is 9.64 Å². The number of aromatic nitrogens is 3. The number of hydrogen-bond donors (Lipinski definition) is 0. The number of carbonyl (C=O) groups is 1. The van der Waals surface area contributed by atoms with E-state index in [4.69, 9.17) is 9.15 Å². The molecule has 1 aliphatic carbocycles. The molecule has 1 amide bonds. The van der Waals surface area contributed by atoms with Crippen molar-refractivity contribution in [1.82, 2.24) is 19.9 Å². The number of oxazole rings is 1. The first-order chi connectivity index (χ1) is 15.7. The predicted molar refractivity (Wildman–Crippen MR) is 120 cm³/mol. The molecule has 3 aromatic rings. The predicted octanol–water partition coefficient (Wildman–Crippen LogP) is 3.80. The lowest BCUT2D eigenvalue weighted by molar-refractivity contribution is 0.0630. The molecule has 166 valence electrons. The molecule has 0 bridgehead atoms. The Balaban J connectivity index is 1.24. The number of anilines is 1. The van der Waals surface area contributed by atoms with Crippen LogP contribution >= 0.6 is 0 Å². The molecule has 8 nitrogen and oxygen atoms in total. The molecule has 3 heterocycles. The van der Waals surface area contributed by atoms with E-state index in [1.54, 1.807) is 18.6 Å². The van der Waals surface area contributed by atoms with Crippen molar-refractivity contribution in [2.45, 2.75) is 44.7 Å². The van der Waals surface area contributed by atoms with Crippen LogP contribution in [-0.2, 0) is 0 Å². The van der Waals surface area contributed by atoms with Gasteiger partial charge in [-0.3, -0.25) is 4.79 Å². The van der Waals surface area contributed by atoms with Crippen molar-refractivity contribution in [2.75, 3.05) is 24.6 Å². The Labute approximate surface area is 187 Å². The van der Waals surface area contributed by atoms with Crippen molar-refractivity contribution < 1.29 is 13.9 Å². The van der Waals surface area contributed by atoms with Crippen molar-refractivity contribution in [3.05, 3.63) is 54.8 Å². The third kappa shape index (κ3) is 4.30. The van der Waals surface area contributed by atoms with E-state index in [2.05, 4.69) is 24.8 Å². The molecule has 2 aliphatic rings. The molecule has 2 fully saturated rings. The van der Waals surface area contributed by atoms with Crippen molar-refractivity contribution in [1.29, 1.82) is 0 Å². The number of rotatable bonds is 7. The van der Waals surface area contributed by atoms with Gasteiger partial charge in [-0.2, -0.15) is 0 Å². The van der Waals surface area contributed by atoms with E-state index in [1.807, 2.05) is 31.2 Å². The lowest BCUT2D eigenvalue weighted by atomic mass is 10.0. The van der Waals surface area contributed by atoms with Gasteiger partial charge < -0.3 is 19.0 Å².